The lowest BCUT2D eigenvalue weighted by molar-refractivity contribution is -0.127. The highest BCUT2D eigenvalue weighted by Gasteiger charge is 2.30. The lowest BCUT2D eigenvalue weighted by Crippen LogP contribution is -2.50. The summed E-state index contributed by atoms with van der Waals surface area (Å²) in [5.41, 5.74) is 1.96. The van der Waals surface area contributed by atoms with Gasteiger partial charge in [0.25, 0.3) is 5.91 Å². The van der Waals surface area contributed by atoms with Gasteiger partial charge >= 0.3 is 0 Å². The molecule has 2 N–H and O–H groups in total. The largest absolute Gasteiger partial charge is 0.477 e. The van der Waals surface area contributed by atoms with Gasteiger partial charge in [0.15, 0.2) is 11.9 Å². The Morgan fingerprint density at radius 1 is 1.11 bits per heavy atom. The fourth-order valence-corrected chi connectivity index (χ4v) is 2.92. The summed E-state index contributed by atoms with van der Waals surface area (Å²) < 4.78 is 5.73. The molecule has 0 radical (unpaired) electrons. The zero-order chi connectivity index (χ0) is 19.4. The summed E-state index contributed by atoms with van der Waals surface area (Å²) in [6.45, 7) is 1.84. The molecule has 1 aliphatic heterocycles. The van der Waals surface area contributed by atoms with Gasteiger partial charge in [0.05, 0.1) is 18.8 Å². The molecule has 2 aromatic rings. The number of nitrogens with one attached hydrogen (secondary N) is 2. The Kier molecular flexibility index (Phi) is 5.40. The van der Waals surface area contributed by atoms with Crippen molar-refractivity contribution in [3.05, 3.63) is 54.1 Å². The Balaban J connectivity index is 1.72. The quantitative estimate of drug-likeness (QED) is 0.788. The zero-order valence-corrected chi connectivity index (χ0v) is 15.2. The van der Waals surface area contributed by atoms with E-state index in [4.69, 9.17) is 4.74 Å². The van der Waals surface area contributed by atoms with Gasteiger partial charge in [-0.15, -0.1) is 0 Å². The molecule has 1 atom stereocenters. The molecule has 140 valence electrons. The first-order chi connectivity index (χ1) is 13.0. The summed E-state index contributed by atoms with van der Waals surface area (Å²) in [7, 11) is 1.55. The van der Waals surface area contributed by atoms with E-state index in [1.807, 2.05) is 23.1 Å². The van der Waals surface area contributed by atoms with Crippen LogP contribution in [0.25, 0.3) is 0 Å². The number of para-hydroxylation sites is 2. The van der Waals surface area contributed by atoms with Gasteiger partial charge in [0.1, 0.15) is 5.75 Å². The number of hydrogen-bond acceptors (Lipinski definition) is 5. The van der Waals surface area contributed by atoms with E-state index in [1.54, 1.807) is 37.4 Å². The molecule has 0 aliphatic carbocycles. The molecule has 1 unspecified atom stereocenters. The van der Waals surface area contributed by atoms with E-state index in [0.29, 0.717) is 17.0 Å². The minimum absolute atomic E-state index is 0.0296. The number of rotatable bonds is 5. The van der Waals surface area contributed by atoms with Crippen molar-refractivity contribution >= 4 is 29.0 Å². The molecule has 3 rings (SSSR count). The van der Waals surface area contributed by atoms with Crippen molar-refractivity contribution in [1.29, 1.82) is 0 Å². The van der Waals surface area contributed by atoms with Gasteiger partial charge in [-0.05, 0) is 43.3 Å². The molecule has 0 aromatic heterocycles. The van der Waals surface area contributed by atoms with Gasteiger partial charge in [0.2, 0.25) is 5.91 Å². The fraction of sp³-hybridized carbons (Fsp3) is 0.250. The highest BCUT2D eigenvalue weighted by Crippen LogP contribution is 2.32. The van der Waals surface area contributed by atoms with E-state index in [2.05, 4.69) is 10.6 Å². The Morgan fingerprint density at radius 2 is 1.81 bits per heavy atom. The maximum atomic E-state index is 12.5. The normalized spacial score (nSPS) is 15.3. The molecule has 2 aromatic carbocycles. The van der Waals surface area contributed by atoms with Crippen LogP contribution in [-0.4, -0.2) is 43.8 Å². The highest BCUT2D eigenvalue weighted by molar-refractivity contribution is 5.97. The number of anilines is 2. The molecule has 2 amide bonds. The Labute approximate surface area is 157 Å². The van der Waals surface area contributed by atoms with E-state index in [-0.39, 0.29) is 30.7 Å². The highest BCUT2D eigenvalue weighted by atomic mass is 16.5. The van der Waals surface area contributed by atoms with Gasteiger partial charge in [-0.2, -0.15) is 0 Å². The summed E-state index contributed by atoms with van der Waals surface area (Å²) in [6.07, 6.45) is -0.687. The van der Waals surface area contributed by atoms with Crippen molar-refractivity contribution in [1.82, 2.24) is 5.32 Å². The van der Waals surface area contributed by atoms with Crippen LogP contribution in [0.15, 0.2) is 48.5 Å². The van der Waals surface area contributed by atoms with E-state index in [0.717, 1.165) is 5.69 Å². The first-order valence-electron chi connectivity index (χ1n) is 8.61. The van der Waals surface area contributed by atoms with Crippen molar-refractivity contribution in [3.63, 3.8) is 0 Å². The Morgan fingerprint density at radius 3 is 2.48 bits per heavy atom. The second kappa shape index (κ2) is 7.90. The molecule has 1 aliphatic rings. The van der Waals surface area contributed by atoms with Gasteiger partial charge in [0, 0.05) is 18.3 Å². The van der Waals surface area contributed by atoms with Crippen molar-refractivity contribution in [2.45, 2.75) is 13.0 Å². The average molecular weight is 367 g/mol. The molecule has 7 heteroatoms. The van der Waals surface area contributed by atoms with E-state index < -0.39 is 6.10 Å². The summed E-state index contributed by atoms with van der Waals surface area (Å²) in [5.74, 6) is 0.0710. The maximum Gasteiger partial charge on any atom is 0.262 e. The predicted octanol–water partition coefficient (Wildman–Crippen LogP) is 1.84. The second-order valence-electron chi connectivity index (χ2n) is 6.25. The van der Waals surface area contributed by atoms with Crippen LogP contribution in [0.3, 0.4) is 0 Å². The van der Waals surface area contributed by atoms with Gasteiger partial charge in [-0.25, -0.2) is 0 Å². The Hall–Kier alpha value is -3.35. The number of nitrogens with zero attached hydrogens (tertiary/aromatic N) is 1. The summed E-state index contributed by atoms with van der Waals surface area (Å²) in [4.78, 5) is 37.6. The van der Waals surface area contributed by atoms with Gasteiger partial charge < -0.3 is 20.3 Å². The standard InChI is InChI=1S/C20H21N3O4/c1-13(24)14-7-9-15(10-8-14)22-19(25)12-23-11-18(20(26)21-2)27-17-6-4-3-5-16(17)23/h3-10,18H,11-12H2,1-2H3,(H,21,26)(H,22,25). The molecule has 0 saturated heterocycles. The number of carbonyl (C=O) groups excluding carboxylic acids is 3. The topological polar surface area (TPSA) is 87.7 Å². The molecule has 0 fully saturated rings. The molecular weight excluding hydrogens is 346 g/mol. The second-order valence-corrected chi connectivity index (χ2v) is 6.25. The number of likely N-dealkylation sites (N-methyl/N-ethyl adjacent to an activating group) is 1. The minimum atomic E-state index is -0.687. The lowest BCUT2D eigenvalue weighted by Gasteiger charge is -2.34. The van der Waals surface area contributed by atoms with Crippen LogP contribution >= 0.6 is 0 Å². The summed E-state index contributed by atoms with van der Waals surface area (Å²) in [5, 5.41) is 5.39. The zero-order valence-electron chi connectivity index (χ0n) is 15.2. The third kappa shape index (κ3) is 4.25. The molecule has 1 heterocycles. The van der Waals surface area contributed by atoms with Crippen LogP contribution in [0.1, 0.15) is 17.3 Å². The SMILES string of the molecule is CNC(=O)C1CN(CC(=O)Nc2ccc(C(C)=O)cc2)c2ccccc2O1. The van der Waals surface area contributed by atoms with Gasteiger partial charge in [-0.3, -0.25) is 14.4 Å². The molecular formula is C20H21N3O4. The van der Waals surface area contributed by atoms with Gasteiger partial charge in [-0.1, -0.05) is 12.1 Å². The average Bonchev–Trinajstić information content (AvgIpc) is 2.67. The smallest absolute Gasteiger partial charge is 0.262 e. The third-order valence-electron chi connectivity index (χ3n) is 4.31. The van der Waals surface area contributed by atoms with Crippen LogP contribution in [0, 0.1) is 0 Å². The van der Waals surface area contributed by atoms with E-state index >= 15 is 0 Å². The number of fused-ring (bicyclic) bond motifs is 1. The van der Waals surface area contributed by atoms with Crippen molar-refractivity contribution in [2.24, 2.45) is 0 Å². The third-order valence-corrected chi connectivity index (χ3v) is 4.31. The molecule has 0 bridgehead atoms. The number of hydrogen-bond donors (Lipinski definition) is 2. The van der Waals surface area contributed by atoms with Crippen LogP contribution < -0.4 is 20.3 Å². The number of amides is 2. The van der Waals surface area contributed by atoms with Crippen LogP contribution in [0.5, 0.6) is 5.75 Å². The van der Waals surface area contributed by atoms with Crippen molar-refractivity contribution in [3.8, 4) is 5.75 Å². The van der Waals surface area contributed by atoms with Crippen LogP contribution in [0.4, 0.5) is 11.4 Å². The molecule has 0 spiro atoms. The monoisotopic (exact) mass is 367 g/mol. The van der Waals surface area contributed by atoms with Crippen molar-refractivity contribution in [2.75, 3.05) is 30.4 Å². The maximum absolute atomic E-state index is 12.5. The van der Waals surface area contributed by atoms with Crippen molar-refractivity contribution < 1.29 is 19.1 Å². The van der Waals surface area contributed by atoms with E-state index in [1.165, 1.54) is 6.92 Å². The molecule has 7 nitrogen and oxygen atoms in total. The number of ether oxygens (including phenoxy) is 1. The van der Waals surface area contributed by atoms with Crippen LogP contribution in [0.2, 0.25) is 0 Å². The first kappa shape index (κ1) is 18.4. The predicted molar refractivity (Wildman–Crippen MR) is 102 cm³/mol. The summed E-state index contributed by atoms with van der Waals surface area (Å²) in [6, 6.07) is 14.0. The lowest BCUT2D eigenvalue weighted by atomic mass is 10.1. The van der Waals surface area contributed by atoms with Crippen LogP contribution in [-0.2, 0) is 9.59 Å². The fourth-order valence-electron chi connectivity index (χ4n) is 2.92. The summed E-state index contributed by atoms with van der Waals surface area (Å²) >= 11 is 0. The minimum Gasteiger partial charge on any atom is -0.477 e. The first-order valence-corrected chi connectivity index (χ1v) is 8.61. The number of carbonyl (C=O) groups is 3. The Bertz CT molecular complexity index is 864. The number of benzene rings is 2. The molecule has 0 saturated carbocycles. The number of ketones is 1. The molecule has 27 heavy (non-hydrogen) atoms. The number of Topliss-reactive ketones (excluding diaryl/α,β-unsaturated/α-hetero) is 1. The van der Waals surface area contributed by atoms with E-state index in [9.17, 15) is 14.4 Å².